The van der Waals surface area contributed by atoms with E-state index in [0.717, 1.165) is 5.56 Å². The fourth-order valence-corrected chi connectivity index (χ4v) is 5.75. The molecule has 0 spiro atoms. The van der Waals surface area contributed by atoms with Gasteiger partial charge >= 0.3 is 0 Å². The summed E-state index contributed by atoms with van der Waals surface area (Å²) in [6, 6.07) is 14.3. The van der Waals surface area contributed by atoms with E-state index >= 15 is 0 Å². The van der Waals surface area contributed by atoms with Gasteiger partial charge in [-0.25, -0.2) is 9.37 Å². The first-order valence-corrected chi connectivity index (χ1v) is 14.3. The van der Waals surface area contributed by atoms with Crippen LogP contribution in [0.2, 0.25) is 5.02 Å². The zero-order valence-corrected chi connectivity index (χ0v) is 23.5. The molecule has 1 N–H and O–H groups in total. The average molecular weight is 587 g/mol. The number of hydrogen-bond acceptors (Lipinski definition) is 7. The van der Waals surface area contributed by atoms with Crippen LogP contribution in [0.1, 0.15) is 37.9 Å². The van der Waals surface area contributed by atoms with Gasteiger partial charge in [-0.05, 0) is 72.4 Å². The van der Waals surface area contributed by atoms with Crippen LogP contribution in [-0.4, -0.2) is 30.0 Å². The minimum atomic E-state index is -0.447. The van der Waals surface area contributed by atoms with Crippen molar-refractivity contribution in [3.8, 4) is 33.6 Å². The highest BCUT2D eigenvalue weighted by Gasteiger charge is 2.23. The predicted octanol–water partition coefficient (Wildman–Crippen LogP) is 6.63. The van der Waals surface area contributed by atoms with E-state index in [-0.39, 0.29) is 17.4 Å². The van der Waals surface area contributed by atoms with Gasteiger partial charge in [-0.3, -0.25) is 19.1 Å². The zero-order chi connectivity index (χ0) is 28.5. The molecule has 1 aliphatic rings. The zero-order valence-electron chi connectivity index (χ0n) is 21.9. The standard InChI is InChI=1S/C30H24ClFN6O2S/c1-17-3-2-4-28(26-11-18(9-10-33-26)22-13-20(32)6-8-24(22)35-30(17)40)38-16-34-25(14-29(38)39)23-12-19(31)5-7-21(23)27-15-41-37-36-27/h5-17,28H,2-4H2,1H3,(H,35,40). The number of carbonyl (C=O) groups excluding carboxylic acids is 1. The van der Waals surface area contributed by atoms with Crippen molar-refractivity contribution >= 4 is 34.7 Å². The van der Waals surface area contributed by atoms with Crippen LogP contribution >= 0.6 is 23.1 Å². The quantitative estimate of drug-likeness (QED) is 0.254. The third kappa shape index (κ3) is 5.53. The second-order valence-corrected chi connectivity index (χ2v) is 11.0. The van der Waals surface area contributed by atoms with Crippen molar-refractivity contribution in [2.45, 2.75) is 32.2 Å². The number of pyridine rings is 1. The van der Waals surface area contributed by atoms with E-state index in [1.807, 2.05) is 24.4 Å². The highest BCUT2D eigenvalue weighted by molar-refractivity contribution is 7.03. The monoisotopic (exact) mass is 586 g/mol. The summed E-state index contributed by atoms with van der Waals surface area (Å²) in [6.45, 7) is 1.86. The SMILES string of the molecule is CC1CCCC(n2cnc(-c3cc(Cl)ccc3-c3csnn3)cc2=O)c2cc(ccn2)-c2cc(F)ccc2NC1=O. The largest absolute Gasteiger partial charge is 0.325 e. The molecule has 0 fully saturated rings. The van der Waals surface area contributed by atoms with Crippen LogP contribution in [0, 0.1) is 11.7 Å². The van der Waals surface area contributed by atoms with Crippen LogP contribution in [0.5, 0.6) is 0 Å². The summed E-state index contributed by atoms with van der Waals surface area (Å²) >= 11 is 7.54. The van der Waals surface area contributed by atoms with Crippen LogP contribution in [0.25, 0.3) is 33.6 Å². The van der Waals surface area contributed by atoms with Crippen molar-refractivity contribution in [3.05, 3.63) is 99.4 Å². The summed E-state index contributed by atoms with van der Waals surface area (Å²) < 4.78 is 19.8. The first kappa shape index (κ1) is 26.9. The van der Waals surface area contributed by atoms with Crippen molar-refractivity contribution in [2.24, 2.45) is 5.92 Å². The van der Waals surface area contributed by atoms with Crippen LogP contribution < -0.4 is 10.9 Å². The molecule has 0 saturated heterocycles. The lowest BCUT2D eigenvalue weighted by Crippen LogP contribution is -2.27. The van der Waals surface area contributed by atoms with Crippen molar-refractivity contribution in [1.29, 1.82) is 0 Å². The van der Waals surface area contributed by atoms with Crippen molar-refractivity contribution in [1.82, 2.24) is 24.1 Å². The van der Waals surface area contributed by atoms with Crippen LogP contribution in [0.15, 0.2) is 77.3 Å². The summed E-state index contributed by atoms with van der Waals surface area (Å²) in [5.74, 6) is -0.837. The number of benzene rings is 2. The molecule has 0 aliphatic carbocycles. The number of rotatable bonds is 3. The number of nitrogens with one attached hydrogen (secondary N) is 1. The molecule has 6 rings (SSSR count). The van der Waals surface area contributed by atoms with Crippen molar-refractivity contribution < 1.29 is 9.18 Å². The molecule has 1 aliphatic heterocycles. The number of halogens is 2. The molecule has 4 heterocycles. The molecule has 41 heavy (non-hydrogen) atoms. The Kier molecular flexibility index (Phi) is 7.42. The number of fused-ring (bicyclic) bond motifs is 4. The molecule has 2 aromatic carbocycles. The molecular weight excluding hydrogens is 563 g/mol. The average Bonchev–Trinajstić information content (AvgIpc) is 3.51. The number of carbonyl (C=O) groups is 1. The highest BCUT2D eigenvalue weighted by atomic mass is 35.5. The van der Waals surface area contributed by atoms with E-state index in [4.69, 9.17) is 11.6 Å². The minimum absolute atomic E-state index is 0.139. The molecule has 11 heteroatoms. The molecule has 2 unspecified atom stereocenters. The first-order valence-electron chi connectivity index (χ1n) is 13.1. The topological polar surface area (TPSA) is 103 Å². The molecule has 3 aromatic heterocycles. The fraction of sp³-hybridized carbons (Fsp3) is 0.200. The number of amides is 1. The Hall–Kier alpha value is -4.28. The van der Waals surface area contributed by atoms with Gasteiger partial charge in [0.1, 0.15) is 11.5 Å². The van der Waals surface area contributed by atoms with Gasteiger partial charge in [-0.1, -0.05) is 35.5 Å². The van der Waals surface area contributed by atoms with Gasteiger partial charge in [0.15, 0.2) is 0 Å². The normalized spacial score (nSPS) is 17.2. The minimum Gasteiger partial charge on any atom is -0.325 e. The Labute approximate surface area is 244 Å². The number of nitrogens with zero attached hydrogens (tertiary/aromatic N) is 5. The molecule has 2 bridgehead atoms. The third-order valence-corrected chi connectivity index (χ3v) is 8.04. The van der Waals surface area contributed by atoms with Crippen molar-refractivity contribution in [2.75, 3.05) is 5.32 Å². The molecule has 0 saturated carbocycles. The van der Waals surface area contributed by atoms with Gasteiger partial charge in [0.2, 0.25) is 5.91 Å². The summed E-state index contributed by atoms with van der Waals surface area (Å²) in [4.78, 5) is 35.8. The Morgan fingerprint density at radius 3 is 2.66 bits per heavy atom. The molecule has 5 aromatic rings. The summed E-state index contributed by atoms with van der Waals surface area (Å²) in [7, 11) is 0. The predicted molar refractivity (Wildman–Crippen MR) is 157 cm³/mol. The Morgan fingerprint density at radius 1 is 0.976 bits per heavy atom. The lowest BCUT2D eigenvalue weighted by Gasteiger charge is -2.23. The number of anilines is 1. The van der Waals surface area contributed by atoms with E-state index in [2.05, 4.69) is 24.9 Å². The van der Waals surface area contributed by atoms with Crippen LogP contribution in [0.4, 0.5) is 10.1 Å². The second-order valence-electron chi connectivity index (χ2n) is 10.00. The smallest absolute Gasteiger partial charge is 0.254 e. The summed E-state index contributed by atoms with van der Waals surface area (Å²) in [6.07, 6.45) is 4.99. The highest BCUT2D eigenvalue weighted by Crippen LogP contribution is 2.35. The molecule has 0 radical (unpaired) electrons. The molecule has 8 nitrogen and oxygen atoms in total. The van der Waals surface area contributed by atoms with Gasteiger partial charge in [-0.15, -0.1) is 5.10 Å². The van der Waals surface area contributed by atoms with Crippen LogP contribution in [-0.2, 0) is 4.79 Å². The summed E-state index contributed by atoms with van der Waals surface area (Å²) in [5.41, 5.74) is 4.70. The van der Waals surface area contributed by atoms with E-state index in [9.17, 15) is 14.0 Å². The summed E-state index contributed by atoms with van der Waals surface area (Å²) in [5, 5.41) is 9.45. The number of aromatic nitrogens is 5. The maximum atomic E-state index is 14.3. The van der Waals surface area contributed by atoms with E-state index < -0.39 is 11.9 Å². The van der Waals surface area contributed by atoms with Gasteiger partial charge in [0.05, 0.1) is 23.8 Å². The van der Waals surface area contributed by atoms with E-state index in [0.29, 0.717) is 63.7 Å². The molecule has 1 amide bonds. The molecular formula is C30H24ClFN6O2S. The Bertz CT molecular complexity index is 1810. The lowest BCUT2D eigenvalue weighted by atomic mass is 9.95. The first-order chi connectivity index (χ1) is 19.9. The molecule has 2 atom stereocenters. The van der Waals surface area contributed by atoms with Gasteiger partial charge in [0.25, 0.3) is 5.56 Å². The Balaban J connectivity index is 1.44. The lowest BCUT2D eigenvalue weighted by molar-refractivity contribution is -0.119. The van der Waals surface area contributed by atoms with Crippen LogP contribution in [0.3, 0.4) is 0 Å². The van der Waals surface area contributed by atoms with E-state index in [1.54, 1.807) is 35.0 Å². The Morgan fingerprint density at radius 2 is 1.85 bits per heavy atom. The van der Waals surface area contributed by atoms with E-state index in [1.165, 1.54) is 36.1 Å². The maximum absolute atomic E-state index is 14.3. The molecule has 206 valence electrons. The van der Waals surface area contributed by atoms with Crippen molar-refractivity contribution in [3.63, 3.8) is 0 Å². The van der Waals surface area contributed by atoms with Gasteiger partial charge in [-0.2, -0.15) is 0 Å². The fourth-order valence-electron chi connectivity index (χ4n) is 5.12. The van der Waals surface area contributed by atoms with Gasteiger partial charge < -0.3 is 5.32 Å². The third-order valence-electron chi connectivity index (χ3n) is 7.30. The second kappa shape index (κ2) is 11.3. The maximum Gasteiger partial charge on any atom is 0.254 e. The van der Waals surface area contributed by atoms with Gasteiger partial charge in [0, 0.05) is 51.0 Å². The number of hydrogen-bond donors (Lipinski definition) is 1.